The smallest absolute Gasteiger partial charge is 0.272 e. The summed E-state index contributed by atoms with van der Waals surface area (Å²) in [7, 11) is 4.69. The van der Waals surface area contributed by atoms with Gasteiger partial charge in [-0.3, -0.25) is 19.1 Å². The molecule has 2 rings (SSSR count). The lowest BCUT2D eigenvalue weighted by Crippen LogP contribution is -2.42. The van der Waals surface area contributed by atoms with E-state index in [9.17, 15) is 14.4 Å². The van der Waals surface area contributed by atoms with Crippen LogP contribution in [0.5, 0.6) is 11.5 Å². The number of hydrogen-bond donors (Lipinski definition) is 3. The first-order valence-corrected chi connectivity index (χ1v) is 12.7. The topological polar surface area (TPSA) is 124 Å². The average molecular weight is 516 g/mol. The van der Waals surface area contributed by atoms with Crippen LogP contribution in [0.2, 0.25) is 0 Å². The van der Waals surface area contributed by atoms with E-state index in [1.807, 2.05) is 36.7 Å². The van der Waals surface area contributed by atoms with E-state index in [0.29, 0.717) is 36.1 Å². The zero-order valence-corrected chi connectivity index (χ0v) is 23.0. The van der Waals surface area contributed by atoms with Crippen LogP contribution in [-0.2, 0) is 16.1 Å². The van der Waals surface area contributed by atoms with Crippen LogP contribution in [0.3, 0.4) is 0 Å². The van der Waals surface area contributed by atoms with E-state index in [4.69, 9.17) is 9.47 Å². The van der Waals surface area contributed by atoms with E-state index in [-0.39, 0.29) is 42.3 Å². The molecule has 3 N–H and O–H groups in total. The monoisotopic (exact) mass is 515 g/mol. The Hall–Kier alpha value is -3.56. The van der Waals surface area contributed by atoms with Gasteiger partial charge in [0.1, 0.15) is 11.5 Å². The van der Waals surface area contributed by atoms with Crippen molar-refractivity contribution in [2.24, 2.45) is 11.8 Å². The maximum atomic E-state index is 13.3. The van der Waals surface area contributed by atoms with Crippen molar-refractivity contribution < 1.29 is 23.9 Å². The van der Waals surface area contributed by atoms with Crippen molar-refractivity contribution in [2.45, 2.75) is 59.5 Å². The molecule has 10 nitrogen and oxygen atoms in total. The number of nitrogens with zero attached hydrogens (tertiary/aromatic N) is 2. The van der Waals surface area contributed by atoms with Crippen LogP contribution in [0.25, 0.3) is 11.3 Å². The van der Waals surface area contributed by atoms with Crippen LogP contribution < -0.4 is 25.4 Å². The minimum absolute atomic E-state index is 0.0572. The predicted octanol–water partition coefficient (Wildman–Crippen LogP) is 3.01. The highest BCUT2D eigenvalue weighted by Gasteiger charge is 2.25. The van der Waals surface area contributed by atoms with E-state index in [1.165, 1.54) is 7.05 Å². The molecule has 0 aliphatic rings. The van der Waals surface area contributed by atoms with Crippen LogP contribution in [0.1, 0.15) is 57.4 Å². The first-order valence-electron chi connectivity index (χ1n) is 12.7. The summed E-state index contributed by atoms with van der Waals surface area (Å²) in [6.45, 7) is 8.78. The quantitative estimate of drug-likeness (QED) is 0.355. The van der Waals surface area contributed by atoms with E-state index in [1.54, 1.807) is 20.3 Å². The molecule has 1 heterocycles. The van der Waals surface area contributed by atoms with Crippen LogP contribution in [0, 0.1) is 11.8 Å². The van der Waals surface area contributed by atoms with Gasteiger partial charge in [-0.2, -0.15) is 5.10 Å². The summed E-state index contributed by atoms with van der Waals surface area (Å²) >= 11 is 0. The summed E-state index contributed by atoms with van der Waals surface area (Å²) < 4.78 is 13.0. The van der Waals surface area contributed by atoms with Gasteiger partial charge in [-0.15, -0.1) is 0 Å². The number of carbonyl (C=O) groups excluding carboxylic acids is 3. The molecule has 1 unspecified atom stereocenters. The van der Waals surface area contributed by atoms with Crippen molar-refractivity contribution in [1.82, 2.24) is 25.7 Å². The molecular formula is C27H41N5O5. The van der Waals surface area contributed by atoms with Crippen LogP contribution in [0.4, 0.5) is 0 Å². The largest absolute Gasteiger partial charge is 0.496 e. The molecule has 1 aromatic heterocycles. The van der Waals surface area contributed by atoms with Crippen LogP contribution in [-0.4, -0.2) is 61.4 Å². The summed E-state index contributed by atoms with van der Waals surface area (Å²) in [6, 6.07) is 6.84. The summed E-state index contributed by atoms with van der Waals surface area (Å²) in [5.41, 5.74) is 1.67. The third-order valence-electron chi connectivity index (χ3n) is 6.13. The third kappa shape index (κ3) is 8.51. The molecule has 0 saturated heterocycles. The Balaban J connectivity index is 2.37. The Morgan fingerprint density at radius 2 is 1.70 bits per heavy atom. The number of benzene rings is 1. The van der Waals surface area contributed by atoms with E-state index < -0.39 is 6.04 Å². The Bertz CT molecular complexity index is 1040. The van der Waals surface area contributed by atoms with Crippen LogP contribution in [0.15, 0.2) is 24.3 Å². The van der Waals surface area contributed by atoms with Crippen molar-refractivity contribution in [3.63, 3.8) is 0 Å². The van der Waals surface area contributed by atoms with Gasteiger partial charge in [0.25, 0.3) is 5.91 Å². The summed E-state index contributed by atoms with van der Waals surface area (Å²) in [4.78, 5) is 37.2. The number of rotatable bonds is 14. The van der Waals surface area contributed by atoms with Crippen molar-refractivity contribution >= 4 is 17.7 Å². The molecule has 204 valence electrons. The van der Waals surface area contributed by atoms with Crippen molar-refractivity contribution in [3.8, 4) is 22.8 Å². The summed E-state index contributed by atoms with van der Waals surface area (Å²) in [5, 5.41) is 12.7. The number of amides is 3. The van der Waals surface area contributed by atoms with Gasteiger partial charge in [-0.05, 0) is 36.5 Å². The SMILES string of the molecule is CCC(C)Cn1nc(C(=O)N[C@H](CC(=O)NCC(=O)NC)CC(C)C)cc1-c1c(OC)cccc1OC. The molecule has 0 radical (unpaired) electrons. The lowest BCUT2D eigenvalue weighted by Gasteiger charge is -2.20. The van der Waals surface area contributed by atoms with E-state index in [2.05, 4.69) is 34.9 Å². The normalized spacial score (nSPS) is 12.5. The highest BCUT2D eigenvalue weighted by Crippen LogP contribution is 2.39. The number of ether oxygens (including phenoxy) is 2. The molecule has 10 heteroatoms. The zero-order chi connectivity index (χ0) is 27.5. The van der Waals surface area contributed by atoms with Gasteiger partial charge in [-0.25, -0.2) is 0 Å². The minimum Gasteiger partial charge on any atom is -0.496 e. The number of methoxy groups -OCH3 is 2. The van der Waals surface area contributed by atoms with E-state index >= 15 is 0 Å². The average Bonchev–Trinajstić information content (AvgIpc) is 3.29. The maximum absolute atomic E-state index is 13.3. The first kappa shape index (κ1) is 29.7. The highest BCUT2D eigenvalue weighted by molar-refractivity contribution is 5.94. The Morgan fingerprint density at radius 1 is 1.05 bits per heavy atom. The van der Waals surface area contributed by atoms with Gasteiger partial charge >= 0.3 is 0 Å². The summed E-state index contributed by atoms with van der Waals surface area (Å²) in [6.07, 6.45) is 1.60. The van der Waals surface area contributed by atoms with Gasteiger partial charge in [0.2, 0.25) is 11.8 Å². The zero-order valence-electron chi connectivity index (χ0n) is 23.0. The van der Waals surface area contributed by atoms with E-state index in [0.717, 1.165) is 12.0 Å². The number of carbonyl (C=O) groups is 3. The number of nitrogens with one attached hydrogen (secondary N) is 3. The molecule has 0 bridgehead atoms. The molecule has 3 amide bonds. The molecule has 2 atom stereocenters. The third-order valence-corrected chi connectivity index (χ3v) is 6.13. The first-order chi connectivity index (χ1) is 17.6. The molecule has 0 spiro atoms. The minimum atomic E-state index is -0.416. The Kier molecular flexibility index (Phi) is 11.4. The van der Waals surface area contributed by atoms with Gasteiger partial charge in [-0.1, -0.05) is 40.2 Å². The molecule has 1 aromatic carbocycles. The van der Waals surface area contributed by atoms with Gasteiger partial charge in [0.15, 0.2) is 5.69 Å². The van der Waals surface area contributed by atoms with Gasteiger partial charge in [0, 0.05) is 26.1 Å². The standard InChI is InChI=1S/C27H41N5O5/c1-8-18(4)16-32-21(26-22(36-6)10-9-11-23(26)37-7)14-20(31-32)27(35)30-19(12-17(2)3)13-24(33)29-15-25(34)28-5/h9-11,14,17-19H,8,12-13,15-16H2,1-7H3,(H,28,34)(H,29,33)(H,30,35)/t18?,19-/m0/s1. The number of likely N-dealkylation sites (N-methyl/N-ethyl adjacent to an activating group) is 1. The van der Waals surface area contributed by atoms with Crippen molar-refractivity contribution in [2.75, 3.05) is 27.8 Å². The molecule has 0 aliphatic carbocycles. The van der Waals surface area contributed by atoms with Gasteiger partial charge in [0.05, 0.1) is 32.0 Å². The van der Waals surface area contributed by atoms with Crippen molar-refractivity contribution in [3.05, 3.63) is 30.0 Å². The second kappa shape index (κ2) is 14.2. The predicted molar refractivity (Wildman–Crippen MR) is 143 cm³/mol. The van der Waals surface area contributed by atoms with Crippen LogP contribution >= 0.6 is 0 Å². The fourth-order valence-electron chi connectivity index (χ4n) is 3.98. The highest BCUT2D eigenvalue weighted by atomic mass is 16.5. The lowest BCUT2D eigenvalue weighted by atomic mass is 10.0. The second-order valence-corrected chi connectivity index (χ2v) is 9.60. The molecule has 0 saturated carbocycles. The molecule has 0 aliphatic heterocycles. The summed E-state index contributed by atoms with van der Waals surface area (Å²) in [5.74, 6) is 0.827. The number of aromatic nitrogens is 2. The second-order valence-electron chi connectivity index (χ2n) is 9.60. The molecular weight excluding hydrogens is 474 g/mol. The molecule has 2 aromatic rings. The fraction of sp³-hybridized carbons (Fsp3) is 0.556. The van der Waals surface area contributed by atoms with Gasteiger partial charge < -0.3 is 25.4 Å². The molecule has 0 fully saturated rings. The van der Waals surface area contributed by atoms with Crippen molar-refractivity contribution in [1.29, 1.82) is 0 Å². The molecule has 37 heavy (non-hydrogen) atoms. The maximum Gasteiger partial charge on any atom is 0.272 e. The number of hydrogen-bond acceptors (Lipinski definition) is 6. The fourth-order valence-corrected chi connectivity index (χ4v) is 3.98. The lowest BCUT2D eigenvalue weighted by molar-refractivity contribution is -0.126. The Morgan fingerprint density at radius 3 is 2.24 bits per heavy atom. The Labute approximate surface area is 219 Å².